The van der Waals surface area contributed by atoms with Gasteiger partial charge < -0.3 is 10.2 Å². The highest BCUT2D eigenvalue weighted by Gasteiger charge is 2.09. The molecule has 0 spiro atoms. The van der Waals surface area contributed by atoms with Crippen molar-refractivity contribution in [2.24, 2.45) is 0 Å². The molecule has 1 aromatic rings. The summed E-state index contributed by atoms with van der Waals surface area (Å²) in [5.74, 6) is 0. The lowest BCUT2D eigenvalue weighted by Gasteiger charge is -2.14. The molecule has 0 saturated carbocycles. The van der Waals surface area contributed by atoms with Crippen LogP contribution in [0, 0.1) is 0 Å². The largest absolute Gasteiger partial charge is 0.317 e. The molecule has 2 rings (SSSR count). The number of aromatic nitrogens is 1. The van der Waals surface area contributed by atoms with Crippen LogP contribution in [0.2, 0.25) is 0 Å². The Morgan fingerprint density at radius 2 is 1.78 bits per heavy atom. The molecular weight excluding hydrogens is 222 g/mol. The maximum Gasteiger partial charge on any atom is 0.0270 e. The molecule has 0 aliphatic carbocycles. The molecule has 0 unspecified atom stereocenters. The first-order chi connectivity index (χ1) is 8.95. The van der Waals surface area contributed by atoms with Gasteiger partial charge >= 0.3 is 0 Å². The fourth-order valence-electron chi connectivity index (χ4n) is 2.53. The lowest BCUT2D eigenvalue weighted by atomic mass is 10.1. The number of aryl methyl sites for hydroxylation is 1. The van der Waals surface area contributed by atoms with Crippen molar-refractivity contribution in [2.45, 2.75) is 32.1 Å². The number of pyridine rings is 1. The van der Waals surface area contributed by atoms with E-state index < -0.39 is 0 Å². The molecule has 3 heteroatoms. The van der Waals surface area contributed by atoms with Gasteiger partial charge in [-0.25, -0.2) is 0 Å². The van der Waals surface area contributed by atoms with Gasteiger partial charge in [-0.1, -0.05) is 0 Å². The first kappa shape index (κ1) is 13.5. The zero-order valence-electron chi connectivity index (χ0n) is 11.3. The zero-order chi connectivity index (χ0) is 12.5. The van der Waals surface area contributed by atoms with Crippen LogP contribution < -0.4 is 5.32 Å². The fraction of sp³-hybridized carbons (Fsp3) is 0.667. The molecule has 3 nitrogen and oxygen atoms in total. The van der Waals surface area contributed by atoms with Gasteiger partial charge in [0.1, 0.15) is 0 Å². The van der Waals surface area contributed by atoms with Crippen molar-refractivity contribution in [1.82, 2.24) is 15.2 Å². The summed E-state index contributed by atoms with van der Waals surface area (Å²) < 4.78 is 0. The molecule has 100 valence electrons. The summed E-state index contributed by atoms with van der Waals surface area (Å²) in [7, 11) is 0. The van der Waals surface area contributed by atoms with Crippen molar-refractivity contribution in [3.05, 3.63) is 30.1 Å². The molecule has 0 bridgehead atoms. The summed E-state index contributed by atoms with van der Waals surface area (Å²) in [6.45, 7) is 6.20. The topological polar surface area (TPSA) is 28.2 Å². The zero-order valence-corrected chi connectivity index (χ0v) is 11.3. The van der Waals surface area contributed by atoms with Crippen LogP contribution in [0.5, 0.6) is 0 Å². The van der Waals surface area contributed by atoms with E-state index in [0.29, 0.717) is 0 Å². The first-order valence-electron chi connectivity index (χ1n) is 7.27. The quantitative estimate of drug-likeness (QED) is 0.713. The first-order valence-corrected chi connectivity index (χ1v) is 7.27. The molecule has 2 heterocycles. The maximum absolute atomic E-state index is 4.03. The molecule has 0 atom stereocenters. The van der Waals surface area contributed by atoms with Crippen LogP contribution in [0.1, 0.15) is 31.2 Å². The Morgan fingerprint density at radius 3 is 2.56 bits per heavy atom. The van der Waals surface area contributed by atoms with Crippen molar-refractivity contribution in [3.63, 3.8) is 0 Å². The lowest BCUT2D eigenvalue weighted by Crippen LogP contribution is -2.25. The van der Waals surface area contributed by atoms with Crippen molar-refractivity contribution < 1.29 is 0 Å². The van der Waals surface area contributed by atoms with Crippen LogP contribution in [0.15, 0.2) is 24.5 Å². The summed E-state index contributed by atoms with van der Waals surface area (Å²) >= 11 is 0. The molecule has 0 aromatic carbocycles. The maximum atomic E-state index is 4.03. The van der Waals surface area contributed by atoms with Crippen molar-refractivity contribution in [2.75, 3.05) is 32.7 Å². The van der Waals surface area contributed by atoms with Gasteiger partial charge in [-0.05, 0) is 82.5 Å². The summed E-state index contributed by atoms with van der Waals surface area (Å²) in [4.78, 5) is 6.61. The second-order valence-electron chi connectivity index (χ2n) is 5.11. The SMILES string of the molecule is c1cc(CCCNCCCN2CCCC2)ccn1. The van der Waals surface area contributed by atoms with Gasteiger partial charge in [0.05, 0.1) is 0 Å². The highest BCUT2D eigenvalue weighted by Crippen LogP contribution is 2.06. The van der Waals surface area contributed by atoms with E-state index in [1.807, 2.05) is 12.4 Å². The van der Waals surface area contributed by atoms with Gasteiger partial charge in [-0.3, -0.25) is 4.98 Å². The van der Waals surface area contributed by atoms with Gasteiger partial charge in [0.25, 0.3) is 0 Å². The number of likely N-dealkylation sites (tertiary alicyclic amines) is 1. The van der Waals surface area contributed by atoms with Gasteiger partial charge in [0.2, 0.25) is 0 Å². The number of nitrogens with zero attached hydrogens (tertiary/aromatic N) is 2. The summed E-state index contributed by atoms with van der Waals surface area (Å²) in [6.07, 6.45) is 10.2. The van der Waals surface area contributed by atoms with Gasteiger partial charge in [-0.15, -0.1) is 0 Å². The van der Waals surface area contributed by atoms with Crippen molar-refractivity contribution in [1.29, 1.82) is 0 Å². The Balaban J connectivity index is 1.42. The van der Waals surface area contributed by atoms with Crippen molar-refractivity contribution in [3.8, 4) is 0 Å². The molecule has 1 aromatic heterocycles. The summed E-state index contributed by atoms with van der Waals surface area (Å²) in [5, 5.41) is 3.54. The van der Waals surface area contributed by atoms with Crippen LogP contribution in [0.25, 0.3) is 0 Å². The predicted molar refractivity (Wildman–Crippen MR) is 75.7 cm³/mol. The van der Waals surface area contributed by atoms with Crippen LogP contribution in [0.3, 0.4) is 0 Å². The standard InChI is InChI=1S/C15H25N3/c1-2-13-18(12-1)14-4-9-16-8-3-5-15-6-10-17-11-7-15/h6-7,10-11,16H,1-5,8-9,12-14H2. The van der Waals surface area contributed by atoms with E-state index in [-0.39, 0.29) is 0 Å². The van der Waals surface area contributed by atoms with Crippen LogP contribution in [0.4, 0.5) is 0 Å². The molecule has 1 saturated heterocycles. The Morgan fingerprint density at radius 1 is 1.06 bits per heavy atom. The Kier molecular flexibility index (Phi) is 6.17. The van der Waals surface area contributed by atoms with E-state index >= 15 is 0 Å². The average molecular weight is 247 g/mol. The van der Waals surface area contributed by atoms with E-state index in [2.05, 4.69) is 27.3 Å². The average Bonchev–Trinajstić information content (AvgIpc) is 2.92. The Bertz CT molecular complexity index is 307. The highest BCUT2D eigenvalue weighted by molar-refractivity contribution is 5.09. The smallest absolute Gasteiger partial charge is 0.0270 e. The molecule has 18 heavy (non-hydrogen) atoms. The number of hydrogen-bond donors (Lipinski definition) is 1. The number of rotatable bonds is 8. The minimum atomic E-state index is 1.13. The van der Waals surface area contributed by atoms with Crippen LogP contribution >= 0.6 is 0 Å². The van der Waals surface area contributed by atoms with E-state index in [9.17, 15) is 0 Å². The van der Waals surface area contributed by atoms with Gasteiger partial charge in [0.15, 0.2) is 0 Å². The lowest BCUT2D eigenvalue weighted by molar-refractivity contribution is 0.331. The van der Waals surface area contributed by atoms with E-state index in [1.54, 1.807) is 0 Å². The molecule has 0 amide bonds. The number of hydrogen-bond acceptors (Lipinski definition) is 3. The summed E-state index contributed by atoms with van der Waals surface area (Å²) in [5.41, 5.74) is 1.39. The second-order valence-corrected chi connectivity index (χ2v) is 5.11. The minimum absolute atomic E-state index is 1.13. The molecule has 1 N–H and O–H groups in total. The van der Waals surface area contributed by atoms with E-state index in [1.165, 1.54) is 50.9 Å². The Hall–Kier alpha value is -0.930. The minimum Gasteiger partial charge on any atom is -0.317 e. The van der Waals surface area contributed by atoms with Gasteiger partial charge in [-0.2, -0.15) is 0 Å². The third kappa shape index (κ3) is 5.15. The van der Waals surface area contributed by atoms with Crippen LogP contribution in [-0.2, 0) is 6.42 Å². The molecule has 0 radical (unpaired) electrons. The molecule has 1 aliphatic heterocycles. The molecule has 1 aliphatic rings. The third-order valence-electron chi connectivity index (χ3n) is 3.59. The summed E-state index contributed by atoms with van der Waals surface area (Å²) in [6, 6.07) is 4.21. The fourth-order valence-corrected chi connectivity index (χ4v) is 2.53. The van der Waals surface area contributed by atoms with E-state index in [0.717, 1.165) is 19.5 Å². The van der Waals surface area contributed by atoms with Crippen molar-refractivity contribution >= 4 is 0 Å². The highest BCUT2D eigenvalue weighted by atomic mass is 15.1. The normalized spacial score (nSPS) is 16.2. The Labute approximate surface area is 111 Å². The number of nitrogens with one attached hydrogen (secondary N) is 1. The molecule has 1 fully saturated rings. The van der Waals surface area contributed by atoms with Gasteiger partial charge in [0, 0.05) is 12.4 Å². The van der Waals surface area contributed by atoms with Crippen LogP contribution in [-0.4, -0.2) is 42.6 Å². The van der Waals surface area contributed by atoms with E-state index in [4.69, 9.17) is 0 Å². The predicted octanol–water partition coefficient (Wildman–Crippen LogP) is 2.09. The second kappa shape index (κ2) is 8.22. The monoisotopic (exact) mass is 247 g/mol. The molecular formula is C15H25N3. The third-order valence-corrected chi connectivity index (χ3v) is 3.59.